The van der Waals surface area contributed by atoms with Crippen molar-refractivity contribution in [2.75, 3.05) is 0 Å². The molecule has 0 amide bonds. The summed E-state index contributed by atoms with van der Waals surface area (Å²) in [6.07, 6.45) is 4.10. The summed E-state index contributed by atoms with van der Waals surface area (Å²) < 4.78 is 0. The van der Waals surface area contributed by atoms with Gasteiger partial charge in [-0.1, -0.05) is 30.3 Å². The van der Waals surface area contributed by atoms with Crippen molar-refractivity contribution < 1.29 is 0 Å². The maximum Gasteiger partial charge on any atom is 0.0645 e. The molecule has 1 heterocycles. The number of fused-ring (bicyclic) bond motifs is 1. The molecule has 2 rings (SSSR count). The Morgan fingerprint density at radius 3 is 3.00 bits per heavy atom. The molecule has 0 saturated heterocycles. The van der Waals surface area contributed by atoms with Crippen LogP contribution in [0.2, 0.25) is 0 Å². The largest absolute Gasteiger partial charge is 0.288 e. The number of benzene rings is 1. The Bertz CT molecular complexity index is 348. The molecular weight excluding hydrogens is 146 g/mol. The molecule has 1 heteroatoms. The summed E-state index contributed by atoms with van der Waals surface area (Å²) in [7, 11) is 0. The molecule has 0 aliphatic carbocycles. The van der Waals surface area contributed by atoms with Crippen LogP contribution in [0.15, 0.2) is 34.8 Å². The first-order chi connectivity index (χ1) is 5.86. The van der Waals surface area contributed by atoms with Crippen LogP contribution in [0, 0.1) is 0 Å². The average molecular weight is 157 g/mol. The molecule has 1 aliphatic heterocycles. The van der Waals surface area contributed by atoms with Crippen LogP contribution >= 0.6 is 0 Å². The van der Waals surface area contributed by atoms with Crippen LogP contribution in [0.5, 0.6) is 0 Å². The minimum atomic E-state index is 0.810. The molecule has 12 heavy (non-hydrogen) atoms. The predicted octanol–water partition coefficient (Wildman–Crippen LogP) is 2.67. The van der Waals surface area contributed by atoms with E-state index < -0.39 is 0 Å². The highest BCUT2D eigenvalue weighted by atomic mass is 14.7. The fourth-order valence-corrected chi connectivity index (χ4v) is 1.39. The number of rotatable bonds is 0. The van der Waals surface area contributed by atoms with Gasteiger partial charge < -0.3 is 0 Å². The van der Waals surface area contributed by atoms with Gasteiger partial charge in [-0.05, 0) is 23.6 Å². The van der Waals surface area contributed by atoms with Gasteiger partial charge in [0.1, 0.15) is 0 Å². The van der Waals surface area contributed by atoms with Crippen LogP contribution in [0.4, 0.5) is 0 Å². The van der Waals surface area contributed by atoms with Gasteiger partial charge in [-0.2, -0.15) is 0 Å². The molecule has 1 nitrogen and oxygen atoms in total. The number of nitrogens with zero attached hydrogens (tertiary/aromatic N) is 1. The van der Waals surface area contributed by atoms with Crippen LogP contribution < -0.4 is 0 Å². The van der Waals surface area contributed by atoms with Gasteiger partial charge in [0.15, 0.2) is 0 Å². The quantitative estimate of drug-likeness (QED) is 0.549. The SMILES string of the molecule is CC1=Cc2ccccc2CN=C1. The lowest BCUT2D eigenvalue weighted by Crippen LogP contribution is -1.83. The zero-order valence-electron chi connectivity index (χ0n) is 7.12. The summed E-state index contributed by atoms with van der Waals surface area (Å²) in [5.74, 6) is 0. The molecule has 1 aromatic rings. The van der Waals surface area contributed by atoms with E-state index in [2.05, 4.69) is 42.3 Å². The van der Waals surface area contributed by atoms with E-state index in [1.165, 1.54) is 16.7 Å². The molecule has 0 aromatic heterocycles. The zero-order valence-corrected chi connectivity index (χ0v) is 7.12. The van der Waals surface area contributed by atoms with Gasteiger partial charge in [0.25, 0.3) is 0 Å². The summed E-state index contributed by atoms with van der Waals surface area (Å²) in [5, 5.41) is 0. The minimum absolute atomic E-state index is 0.810. The highest BCUT2D eigenvalue weighted by Gasteiger charge is 2.00. The first-order valence-corrected chi connectivity index (χ1v) is 4.12. The third kappa shape index (κ3) is 1.30. The molecule has 0 unspecified atom stereocenters. The lowest BCUT2D eigenvalue weighted by molar-refractivity contribution is 1.08. The fourth-order valence-electron chi connectivity index (χ4n) is 1.39. The van der Waals surface area contributed by atoms with Crippen LogP contribution in [-0.4, -0.2) is 6.21 Å². The van der Waals surface area contributed by atoms with Gasteiger partial charge in [0, 0.05) is 6.21 Å². The normalized spacial score (nSPS) is 14.9. The second kappa shape index (κ2) is 2.94. The summed E-state index contributed by atoms with van der Waals surface area (Å²) in [6, 6.07) is 8.38. The third-order valence-corrected chi connectivity index (χ3v) is 1.99. The zero-order chi connectivity index (χ0) is 8.39. The molecule has 0 spiro atoms. The Hall–Kier alpha value is -1.37. The summed E-state index contributed by atoms with van der Waals surface area (Å²) in [6.45, 7) is 2.88. The molecular formula is C11H11N. The standard InChI is InChI=1S/C11H11N/c1-9-6-10-4-2-3-5-11(10)8-12-7-9/h2-7H,8H2,1H3. The topological polar surface area (TPSA) is 12.4 Å². The first-order valence-electron chi connectivity index (χ1n) is 4.12. The van der Waals surface area contributed by atoms with Gasteiger partial charge in [0.05, 0.1) is 6.54 Å². The van der Waals surface area contributed by atoms with Crippen LogP contribution in [0.3, 0.4) is 0 Å². The van der Waals surface area contributed by atoms with E-state index in [1.54, 1.807) is 0 Å². The molecule has 0 bridgehead atoms. The Labute approximate surface area is 72.5 Å². The van der Waals surface area contributed by atoms with E-state index >= 15 is 0 Å². The van der Waals surface area contributed by atoms with Gasteiger partial charge in [0.2, 0.25) is 0 Å². The first kappa shape index (κ1) is 7.29. The highest BCUT2D eigenvalue weighted by molar-refractivity contribution is 5.86. The van der Waals surface area contributed by atoms with Crippen molar-refractivity contribution in [2.24, 2.45) is 4.99 Å². The van der Waals surface area contributed by atoms with E-state index in [0.29, 0.717) is 0 Å². The molecule has 60 valence electrons. The number of aliphatic imine (C=N–C) groups is 1. The lowest BCUT2D eigenvalue weighted by atomic mass is 10.1. The van der Waals surface area contributed by atoms with E-state index in [1.807, 2.05) is 6.21 Å². The van der Waals surface area contributed by atoms with E-state index in [-0.39, 0.29) is 0 Å². The second-order valence-electron chi connectivity index (χ2n) is 3.06. The van der Waals surface area contributed by atoms with Gasteiger partial charge in [-0.3, -0.25) is 4.99 Å². The summed E-state index contributed by atoms with van der Waals surface area (Å²) in [4.78, 5) is 4.30. The maximum atomic E-state index is 4.30. The minimum Gasteiger partial charge on any atom is -0.288 e. The molecule has 0 saturated carbocycles. The fraction of sp³-hybridized carbons (Fsp3) is 0.182. The van der Waals surface area contributed by atoms with Crippen LogP contribution in [0.1, 0.15) is 18.1 Å². The predicted molar refractivity (Wildman–Crippen MR) is 52.3 cm³/mol. The van der Waals surface area contributed by atoms with Crippen molar-refractivity contribution in [3.8, 4) is 0 Å². The number of allylic oxidation sites excluding steroid dienone is 1. The lowest BCUT2D eigenvalue weighted by Gasteiger charge is -1.99. The van der Waals surface area contributed by atoms with Crippen LogP contribution in [-0.2, 0) is 6.54 Å². The monoisotopic (exact) mass is 157 g/mol. The van der Waals surface area contributed by atoms with Gasteiger partial charge >= 0.3 is 0 Å². The number of hydrogen-bond acceptors (Lipinski definition) is 1. The van der Waals surface area contributed by atoms with Crippen molar-refractivity contribution in [2.45, 2.75) is 13.5 Å². The molecule has 1 aromatic carbocycles. The Morgan fingerprint density at radius 1 is 1.25 bits per heavy atom. The Morgan fingerprint density at radius 2 is 2.08 bits per heavy atom. The van der Waals surface area contributed by atoms with Crippen molar-refractivity contribution in [1.82, 2.24) is 0 Å². The molecule has 1 aliphatic rings. The van der Waals surface area contributed by atoms with Crippen molar-refractivity contribution in [3.05, 3.63) is 41.0 Å². The molecule has 0 atom stereocenters. The summed E-state index contributed by atoms with van der Waals surface area (Å²) >= 11 is 0. The molecule has 0 N–H and O–H groups in total. The average Bonchev–Trinajstić information content (AvgIpc) is 2.25. The van der Waals surface area contributed by atoms with E-state index in [4.69, 9.17) is 0 Å². The number of hydrogen-bond donors (Lipinski definition) is 0. The summed E-state index contributed by atoms with van der Waals surface area (Å²) in [5.41, 5.74) is 3.83. The Balaban J connectivity index is 2.54. The third-order valence-electron chi connectivity index (χ3n) is 1.99. The van der Waals surface area contributed by atoms with Crippen molar-refractivity contribution in [3.63, 3.8) is 0 Å². The van der Waals surface area contributed by atoms with E-state index in [9.17, 15) is 0 Å². The van der Waals surface area contributed by atoms with Crippen molar-refractivity contribution >= 4 is 12.3 Å². The van der Waals surface area contributed by atoms with Crippen LogP contribution in [0.25, 0.3) is 6.08 Å². The van der Waals surface area contributed by atoms with Gasteiger partial charge in [-0.15, -0.1) is 0 Å². The second-order valence-corrected chi connectivity index (χ2v) is 3.06. The molecule has 0 radical (unpaired) electrons. The Kier molecular flexibility index (Phi) is 1.78. The van der Waals surface area contributed by atoms with Gasteiger partial charge in [-0.25, -0.2) is 0 Å². The smallest absolute Gasteiger partial charge is 0.0645 e. The van der Waals surface area contributed by atoms with Crippen molar-refractivity contribution in [1.29, 1.82) is 0 Å². The highest BCUT2D eigenvalue weighted by Crippen LogP contribution is 2.15. The van der Waals surface area contributed by atoms with E-state index in [0.717, 1.165) is 6.54 Å². The maximum absolute atomic E-state index is 4.30. The molecule has 0 fully saturated rings.